The molecule has 0 atom stereocenters. The van der Waals surface area contributed by atoms with Gasteiger partial charge in [-0.05, 0) is 29.2 Å². The van der Waals surface area contributed by atoms with Gasteiger partial charge in [-0.2, -0.15) is 5.10 Å². The summed E-state index contributed by atoms with van der Waals surface area (Å²) in [5, 5.41) is 27.3. The third-order valence-electron chi connectivity index (χ3n) is 3.83. The lowest BCUT2D eigenvalue weighted by atomic mass is 9.75. The molecule has 3 aromatic rings. The van der Waals surface area contributed by atoms with E-state index in [0.717, 1.165) is 11.1 Å². The smallest absolute Gasteiger partial charge is 0.465 e. The average molecular weight is 334 g/mol. The van der Waals surface area contributed by atoms with E-state index in [-0.39, 0.29) is 0 Å². The van der Waals surface area contributed by atoms with Gasteiger partial charge < -0.3 is 14.8 Å². The van der Waals surface area contributed by atoms with Gasteiger partial charge >= 0.3 is 13.1 Å². The van der Waals surface area contributed by atoms with Crippen LogP contribution in [0.15, 0.2) is 60.8 Å². The zero-order valence-electron chi connectivity index (χ0n) is 13.5. The fourth-order valence-electron chi connectivity index (χ4n) is 2.61. The Morgan fingerprint density at radius 1 is 1.00 bits per heavy atom. The summed E-state index contributed by atoms with van der Waals surface area (Å²) < 4.78 is 4.70. The monoisotopic (exact) mass is 334 g/mol. The van der Waals surface area contributed by atoms with Crippen LogP contribution in [0.1, 0.15) is 10.4 Å². The highest BCUT2D eigenvalue weighted by atomic mass is 16.5. The molecule has 0 fully saturated rings. The summed E-state index contributed by atoms with van der Waals surface area (Å²) in [6.45, 7) is 0. The third kappa shape index (κ3) is 3.42. The minimum atomic E-state index is -1.62. The highest BCUT2D eigenvalue weighted by Crippen LogP contribution is 2.29. The number of ether oxygens (including phenoxy) is 1. The van der Waals surface area contributed by atoms with Crippen molar-refractivity contribution < 1.29 is 19.6 Å². The van der Waals surface area contributed by atoms with E-state index in [4.69, 9.17) is 4.74 Å². The molecule has 7 heteroatoms. The number of hydrogen-bond donors (Lipinski definition) is 2. The Kier molecular flexibility index (Phi) is 4.88. The molecule has 1 heterocycles. The molecule has 0 amide bonds. The lowest BCUT2D eigenvalue weighted by molar-refractivity contribution is 0.0600. The molecule has 2 N–H and O–H groups in total. The first-order valence-electron chi connectivity index (χ1n) is 7.57. The third-order valence-corrected chi connectivity index (χ3v) is 3.83. The second-order valence-electron chi connectivity index (χ2n) is 5.32. The van der Waals surface area contributed by atoms with E-state index in [9.17, 15) is 14.8 Å². The number of rotatable bonds is 4. The van der Waals surface area contributed by atoms with Crippen molar-refractivity contribution in [3.8, 4) is 22.4 Å². The maximum absolute atomic E-state index is 11.6. The van der Waals surface area contributed by atoms with Crippen LogP contribution in [0, 0.1) is 0 Å². The molecule has 25 heavy (non-hydrogen) atoms. The second-order valence-corrected chi connectivity index (χ2v) is 5.32. The predicted molar refractivity (Wildman–Crippen MR) is 94.1 cm³/mol. The maximum atomic E-state index is 11.6. The zero-order chi connectivity index (χ0) is 17.8. The number of methoxy groups -OCH3 is 1. The molecule has 124 valence electrons. The number of aromatic nitrogens is 2. The highest BCUT2D eigenvalue weighted by Gasteiger charge is 2.20. The number of benzene rings is 2. The SMILES string of the molecule is COC(=O)c1ccc(-c2ccnnc2-c2ccccc2B(O)O)cc1. The van der Waals surface area contributed by atoms with Gasteiger partial charge in [0.15, 0.2) is 0 Å². The van der Waals surface area contributed by atoms with Crippen LogP contribution in [0.4, 0.5) is 0 Å². The van der Waals surface area contributed by atoms with Crippen molar-refractivity contribution >= 4 is 18.6 Å². The molecular formula is C18H15BN2O4. The molecular weight excluding hydrogens is 319 g/mol. The minimum Gasteiger partial charge on any atom is -0.465 e. The first kappa shape index (κ1) is 16.8. The first-order valence-corrected chi connectivity index (χ1v) is 7.57. The van der Waals surface area contributed by atoms with Crippen LogP contribution in [0.5, 0.6) is 0 Å². The molecule has 0 radical (unpaired) electrons. The maximum Gasteiger partial charge on any atom is 0.489 e. The number of carbonyl (C=O) groups is 1. The lowest BCUT2D eigenvalue weighted by Crippen LogP contribution is -2.31. The van der Waals surface area contributed by atoms with Gasteiger partial charge in [0, 0.05) is 11.1 Å². The van der Waals surface area contributed by atoms with Gasteiger partial charge in [-0.3, -0.25) is 0 Å². The quantitative estimate of drug-likeness (QED) is 0.552. The van der Waals surface area contributed by atoms with Crippen LogP contribution in [0.25, 0.3) is 22.4 Å². The van der Waals surface area contributed by atoms with E-state index in [1.807, 2.05) is 0 Å². The van der Waals surface area contributed by atoms with Crippen LogP contribution in [0.3, 0.4) is 0 Å². The average Bonchev–Trinajstić information content (AvgIpc) is 2.67. The largest absolute Gasteiger partial charge is 0.489 e. The molecule has 2 aromatic carbocycles. The van der Waals surface area contributed by atoms with Crippen molar-refractivity contribution in [1.82, 2.24) is 10.2 Å². The van der Waals surface area contributed by atoms with Gasteiger partial charge in [0.05, 0.1) is 18.9 Å². The summed E-state index contributed by atoms with van der Waals surface area (Å²) in [6, 6.07) is 15.6. The molecule has 1 aromatic heterocycles. The van der Waals surface area contributed by atoms with Crippen molar-refractivity contribution in [2.45, 2.75) is 0 Å². The zero-order valence-corrected chi connectivity index (χ0v) is 13.5. The molecule has 0 spiro atoms. The molecule has 0 saturated carbocycles. The summed E-state index contributed by atoms with van der Waals surface area (Å²) in [4.78, 5) is 11.6. The summed E-state index contributed by atoms with van der Waals surface area (Å²) in [7, 11) is -0.286. The molecule has 3 rings (SSSR count). The fourth-order valence-corrected chi connectivity index (χ4v) is 2.61. The van der Waals surface area contributed by atoms with E-state index >= 15 is 0 Å². The van der Waals surface area contributed by atoms with Crippen molar-refractivity contribution in [3.63, 3.8) is 0 Å². The van der Waals surface area contributed by atoms with Crippen LogP contribution >= 0.6 is 0 Å². The topological polar surface area (TPSA) is 92.5 Å². The second kappa shape index (κ2) is 7.25. The summed E-state index contributed by atoms with van der Waals surface area (Å²) >= 11 is 0. The van der Waals surface area contributed by atoms with E-state index in [1.54, 1.807) is 60.8 Å². The van der Waals surface area contributed by atoms with Crippen LogP contribution in [-0.4, -0.2) is 40.4 Å². The Hall–Kier alpha value is -3.03. The predicted octanol–water partition coefficient (Wildman–Crippen LogP) is 1.28. The summed E-state index contributed by atoms with van der Waals surface area (Å²) in [5.41, 5.74) is 3.48. The lowest BCUT2D eigenvalue weighted by Gasteiger charge is -2.12. The molecule has 0 aliphatic carbocycles. The Morgan fingerprint density at radius 2 is 1.72 bits per heavy atom. The first-order chi connectivity index (χ1) is 12.1. The number of esters is 1. The molecule has 0 aliphatic rings. The van der Waals surface area contributed by atoms with Gasteiger partial charge in [-0.25, -0.2) is 4.79 Å². The number of nitrogens with zero attached hydrogens (tertiary/aromatic N) is 2. The molecule has 0 saturated heterocycles. The van der Waals surface area contributed by atoms with Crippen LogP contribution in [0.2, 0.25) is 0 Å². The van der Waals surface area contributed by atoms with Gasteiger partial charge in [-0.15, -0.1) is 5.10 Å². The van der Waals surface area contributed by atoms with Crippen LogP contribution < -0.4 is 5.46 Å². The van der Waals surface area contributed by atoms with E-state index in [1.165, 1.54) is 7.11 Å². The minimum absolute atomic E-state index is 0.343. The molecule has 0 aliphatic heterocycles. The van der Waals surface area contributed by atoms with Gasteiger partial charge in [0.1, 0.15) is 5.69 Å². The Morgan fingerprint density at radius 3 is 2.40 bits per heavy atom. The summed E-state index contributed by atoms with van der Waals surface area (Å²) in [6.07, 6.45) is 1.56. The van der Waals surface area contributed by atoms with Gasteiger partial charge in [-0.1, -0.05) is 36.4 Å². The molecule has 0 unspecified atom stereocenters. The normalized spacial score (nSPS) is 10.4. The Labute approximate surface area is 144 Å². The van der Waals surface area contributed by atoms with Crippen molar-refractivity contribution in [2.75, 3.05) is 7.11 Å². The number of hydrogen-bond acceptors (Lipinski definition) is 6. The van der Waals surface area contributed by atoms with Crippen molar-refractivity contribution in [2.24, 2.45) is 0 Å². The van der Waals surface area contributed by atoms with Gasteiger partial charge in [0.2, 0.25) is 0 Å². The van der Waals surface area contributed by atoms with E-state index < -0.39 is 13.1 Å². The summed E-state index contributed by atoms with van der Waals surface area (Å²) in [5.74, 6) is -0.409. The van der Waals surface area contributed by atoms with Crippen molar-refractivity contribution in [3.05, 3.63) is 66.4 Å². The van der Waals surface area contributed by atoms with Gasteiger partial charge in [0.25, 0.3) is 0 Å². The fraction of sp³-hybridized carbons (Fsp3) is 0.0556. The highest BCUT2D eigenvalue weighted by molar-refractivity contribution is 6.60. The molecule has 0 bridgehead atoms. The number of carbonyl (C=O) groups excluding carboxylic acids is 1. The Bertz CT molecular complexity index is 898. The van der Waals surface area contributed by atoms with E-state index in [2.05, 4.69) is 10.2 Å². The van der Waals surface area contributed by atoms with Crippen molar-refractivity contribution in [1.29, 1.82) is 0 Å². The Balaban J connectivity index is 2.10. The van der Waals surface area contributed by atoms with E-state index in [0.29, 0.717) is 22.3 Å². The van der Waals surface area contributed by atoms with Crippen LogP contribution in [-0.2, 0) is 4.74 Å². The molecule has 6 nitrogen and oxygen atoms in total. The standard InChI is InChI=1S/C18H15BN2O4/c1-25-18(22)13-8-6-12(7-9-13)14-10-11-20-21-17(14)15-4-2-3-5-16(15)19(23)24/h2-11,23-24H,1H3.